The lowest BCUT2D eigenvalue weighted by Crippen LogP contribution is -2.42. The maximum atomic E-state index is 12.6. The second kappa shape index (κ2) is 8.32. The van der Waals surface area contributed by atoms with Gasteiger partial charge in [0.2, 0.25) is 5.91 Å². The van der Waals surface area contributed by atoms with Crippen LogP contribution in [0.4, 0.5) is 4.79 Å². The number of hydrogen-bond donors (Lipinski definition) is 4. The number of nitrogens with zero attached hydrogens (tertiary/aromatic N) is 1. The third-order valence-corrected chi connectivity index (χ3v) is 5.52. The standard InChI is InChI=1S/C17H20N3O8P/c21-12-5-6-13(22)20(12)28-17(24)19-15-11-4-1-3-10(9-11)14(15)16(23)18-7-2-8-29(25,26)27/h1,3-4,9,14-15H,2,5-8H2,(H,18,23)(H,19,24)(H2,25,26,27). The Morgan fingerprint density at radius 3 is 2.48 bits per heavy atom. The van der Waals surface area contributed by atoms with Crippen molar-refractivity contribution in [1.29, 1.82) is 0 Å². The zero-order chi connectivity index (χ0) is 21.2. The molecule has 2 bridgehead atoms. The summed E-state index contributed by atoms with van der Waals surface area (Å²) < 4.78 is 10.9. The Labute approximate surface area is 165 Å². The lowest BCUT2D eigenvalue weighted by Gasteiger charge is -2.22. The van der Waals surface area contributed by atoms with Gasteiger partial charge in [-0.1, -0.05) is 24.3 Å². The largest absolute Gasteiger partial charge is 0.432 e. The number of nitrogens with one attached hydrogen (secondary N) is 2. The molecule has 0 saturated carbocycles. The van der Waals surface area contributed by atoms with E-state index in [4.69, 9.17) is 14.6 Å². The molecule has 12 heteroatoms. The van der Waals surface area contributed by atoms with Crippen molar-refractivity contribution in [3.8, 4) is 0 Å². The number of fused-ring (bicyclic) bond motifs is 2. The molecule has 3 rings (SSSR count). The number of carbonyl (C=O) groups is 4. The third kappa shape index (κ3) is 5.00. The molecule has 2 unspecified atom stereocenters. The van der Waals surface area contributed by atoms with Gasteiger partial charge < -0.3 is 25.3 Å². The van der Waals surface area contributed by atoms with E-state index in [2.05, 4.69) is 10.6 Å². The van der Waals surface area contributed by atoms with Crippen LogP contribution in [0, 0.1) is 0 Å². The second-order valence-electron chi connectivity index (χ2n) is 6.76. The number of carbonyl (C=O) groups excluding carboxylic acids is 4. The summed E-state index contributed by atoms with van der Waals surface area (Å²) in [7, 11) is -4.14. The number of imide groups is 1. The monoisotopic (exact) mass is 425 g/mol. The van der Waals surface area contributed by atoms with Crippen molar-refractivity contribution in [2.45, 2.75) is 31.2 Å². The van der Waals surface area contributed by atoms with Crippen molar-refractivity contribution in [2.24, 2.45) is 0 Å². The predicted octanol–water partition coefficient (Wildman–Crippen LogP) is 0.299. The van der Waals surface area contributed by atoms with Gasteiger partial charge in [0, 0.05) is 19.4 Å². The minimum atomic E-state index is -4.14. The predicted molar refractivity (Wildman–Crippen MR) is 97.2 cm³/mol. The van der Waals surface area contributed by atoms with E-state index in [0.717, 1.165) is 0 Å². The topological polar surface area (TPSA) is 162 Å². The van der Waals surface area contributed by atoms with Crippen molar-refractivity contribution in [3.63, 3.8) is 0 Å². The smallest absolute Gasteiger partial charge is 0.355 e. The van der Waals surface area contributed by atoms with Gasteiger partial charge in [0.25, 0.3) is 11.8 Å². The molecule has 29 heavy (non-hydrogen) atoms. The van der Waals surface area contributed by atoms with Crippen LogP contribution in [0.3, 0.4) is 0 Å². The van der Waals surface area contributed by atoms with Crippen LogP contribution in [0.1, 0.15) is 42.3 Å². The Kier molecular flexibility index (Phi) is 6.02. The molecule has 1 saturated heterocycles. The van der Waals surface area contributed by atoms with Crippen molar-refractivity contribution in [2.75, 3.05) is 12.7 Å². The van der Waals surface area contributed by atoms with Gasteiger partial charge in [0.1, 0.15) is 0 Å². The van der Waals surface area contributed by atoms with Crippen LogP contribution in [-0.2, 0) is 23.8 Å². The van der Waals surface area contributed by atoms with Crippen molar-refractivity contribution in [1.82, 2.24) is 15.7 Å². The minimum Gasteiger partial charge on any atom is -0.355 e. The molecule has 0 spiro atoms. The van der Waals surface area contributed by atoms with E-state index in [-0.39, 0.29) is 32.0 Å². The van der Waals surface area contributed by atoms with Crippen LogP contribution in [0.15, 0.2) is 24.3 Å². The summed E-state index contributed by atoms with van der Waals surface area (Å²) in [6.07, 6.45) is -1.36. The molecule has 2 atom stereocenters. The quantitative estimate of drug-likeness (QED) is 0.275. The molecule has 1 aromatic carbocycles. The average molecular weight is 425 g/mol. The van der Waals surface area contributed by atoms with E-state index >= 15 is 0 Å². The lowest BCUT2D eigenvalue weighted by atomic mass is 9.97. The number of amides is 4. The molecule has 11 nitrogen and oxygen atoms in total. The maximum Gasteiger partial charge on any atom is 0.432 e. The summed E-state index contributed by atoms with van der Waals surface area (Å²) in [6.45, 7) is 0.0600. The van der Waals surface area contributed by atoms with Crippen LogP contribution in [0.5, 0.6) is 0 Å². The van der Waals surface area contributed by atoms with E-state index < -0.39 is 43.4 Å². The Morgan fingerprint density at radius 1 is 1.17 bits per heavy atom. The van der Waals surface area contributed by atoms with E-state index in [1.165, 1.54) is 0 Å². The minimum absolute atomic E-state index is 0.0318. The Morgan fingerprint density at radius 2 is 1.83 bits per heavy atom. The van der Waals surface area contributed by atoms with Crippen molar-refractivity contribution in [3.05, 3.63) is 35.4 Å². The molecule has 0 radical (unpaired) electrons. The van der Waals surface area contributed by atoms with E-state index in [1.807, 2.05) is 0 Å². The van der Waals surface area contributed by atoms with E-state index in [9.17, 15) is 23.7 Å². The summed E-state index contributed by atoms with van der Waals surface area (Å²) in [5.41, 5.74) is 1.29. The fourth-order valence-electron chi connectivity index (χ4n) is 3.30. The Balaban J connectivity index is 1.62. The fraction of sp³-hybridized carbons (Fsp3) is 0.412. The molecule has 2 aliphatic rings. The van der Waals surface area contributed by atoms with Gasteiger partial charge in [-0.15, -0.1) is 5.06 Å². The molecule has 1 aliphatic heterocycles. The first-order valence-electron chi connectivity index (χ1n) is 8.92. The first-order chi connectivity index (χ1) is 13.7. The Hall–Kier alpha value is -2.75. The van der Waals surface area contributed by atoms with Gasteiger partial charge in [-0.2, -0.15) is 0 Å². The zero-order valence-electron chi connectivity index (χ0n) is 15.2. The van der Waals surface area contributed by atoms with Crippen LogP contribution in [0.2, 0.25) is 0 Å². The summed E-state index contributed by atoms with van der Waals surface area (Å²) in [5, 5.41) is 5.53. The molecule has 1 fully saturated rings. The van der Waals surface area contributed by atoms with Gasteiger partial charge in [-0.05, 0) is 17.5 Å². The summed E-state index contributed by atoms with van der Waals surface area (Å²) >= 11 is 0. The van der Waals surface area contributed by atoms with Crippen molar-refractivity contribution >= 4 is 31.4 Å². The van der Waals surface area contributed by atoms with Gasteiger partial charge in [-0.25, -0.2) is 4.79 Å². The molecular formula is C17H20N3O8P. The fourth-order valence-corrected chi connectivity index (χ4v) is 3.87. The first kappa shape index (κ1) is 21.0. The van der Waals surface area contributed by atoms with Crippen LogP contribution in [0.25, 0.3) is 0 Å². The van der Waals surface area contributed by atoms with E-state index in [1.54, 1.807) is 24.3 Å². The van der Waals surface area contributed by atoms with E-state index in [0.29, 0.717) is 16.2 Å². The van der Waals surface area contributed by atoms with Crippen LogP contribution in [-0.4, -0.2) is 51.4 Å². The lowest BCUT2D eigenvalue weighted by molar-refractivity contribution is -0.171. The highest BCUT2D eigenvalue weighted by Crippen LogP contribution is 2.39. The molecule has 1 heterocycles. The zero-order valence-corrected chi connectivity index (χ0v) is 16.1. The number of hydroxylamine groups is 2. The molecule has 1 aliphatic carbocycles. The first-order valence-corrected chi connectivity index (χ1v) is 10.7. The molecular weight excluding hydrogens is 405 g/mol. The summed E-state index contributed by atoms with van der Waals surface area (Å²) in [6, 6.07) is 6.10. The number of rotatable bonds is 7. The average Bonchev–Trinajstić information content (AvgIpc) is 3.08. The van der Waals surface area contributed by atoms with Crippen LogP contribution >= 0.6 is 7.60 Å². The highest BCUT2D eigenvalue weighted by atomic mass is 31.2. The SMILES string of the molecule is O=C(NC1c2cccc(c2)C1C(=O)NCCCP(=O)(O)O)ON1C(=O)CCC1=O. The van der Waals surface area contributed by atoms with Crippen LogP contribution < -0.4 is 10.6 Å². The maximum absolute atomic E-state index is 12.6. The molecule has 4 N–H and O–H groups in total. The molecule has 0 aromatic heterocycles. The van der Waals surface area contributed by atoms with Gasteiger partial charge in [0.05, 0.1) is 18.1 Å². The van der Waals surface area contributed by atoms with Gasteiger partial charge in [0.15, 0.2) is 0 Å². The molecule has 4 amide bonds. The molecule has 156 valence electrons. The highest BCUT2D eigenvalue weighted by Gasteiger charge is 2.39. The van der Waals surface area contributed by atoms with Gasteiger partial charge >= 0.3 is 13.7 Å². The van der Waals surface area contributed by atoms with Gasteiger partial charge in [-0.3, -0.25) is 18.9 Å². The number of hydrogen-bond acceptors (Lipinski definition) is 6. The van der Waals surface area contributed by atoms with Crippen molar-refractivity contribution < 1.29 is 38.4 Å². The second-order valence-corrected chi connectivity index (χ2v) is 8.54. The Bertz CT molecular complexity index is 882. The number of benzene rings is 1. The third-order valence-electron chi connectivity index (χ3n) is 4.62. The molecule has 1 aromatic rings. The summed E-state index contributed by atoms with van der Waals surface area (Å²) in [5.74, 6) is -2.45. The normalized spacial score (nSPS) is 20.7. The summed E-state index contributed by atoms with van der Waals surface area (Å²) in [4.78, 5) is 70.5. The highest BCUT2D eigenvalue weighted by molar-refractivity contribution is 7.51.